The Labute approximate surface area is 126 Å². The van der Waals surface area contributed by atoms with Crippen molar-refractivity contribution in [2.75, 3.05) is 0 Å². The molecular formula is C15H17N3O2S. The molecule has 0 aliphatic heterocycles. The van der Waals surface area contributed by atoms with Crippen LogP contribution >= 0.6 is 11.3 Å². The number of thiophene rings is 1. The minimum Gasteiger partial charge on any atom is -0.468 e. The summed E-state index contributed by atoms with van der Waals surface area (Å²) in [5.74, 6) is 1.51. The van der Waals surface area contributed by atoms with E-state index in [1.165, 1.54) is 0 Å². The number of aryl methyl sites for hydroxylation is 2. The molecule has 1 atom stereocenters. The molecule has 110 valence electrons. The average molecular weight is 303 g/mol. The molecule has 0 aliphatic rings. The second-order valence-electron chi connectivity index (χ2n) is 5.09. The van der Waals surface area contributed by atoms with Gasteiger partial charge in [-0.1, -0.05) is 0 Å². The molecule has 0 aromatic carbocycles. The van der Waals surface area contributed by atoms with E-state index in [4.69, 9.17) is 4.42 Å². The molecule has 0 saturated heterocycles. The summed E-state index contributed by atoms with van der Waals surface area (Å²) in [4.78, 5) is 21.5. The van der Waals surface area contributed by atoms with E-state index in [0.29, 0.717) is 17.8 Å². The van der Waals surface area contributed by atoms with Crippen molar-refractivity contribution in [3.63, 3.8) is 0 Å². The van der Waals surface area contributed by atoms with E-state index in [9.17, 15) is 4.79 Å². The van der Waals surface area contributed by atoms with Crippen molar-refractivity contribution < 1.29 is 4.42 Å². The van der Waals surface area contributed by atoms with Gasteiger partial charge in [0.2, 0.25) is 0 Å². The molecule has 0 bridgehead atoms. The van der Waals surface area contributed by atoms with Gasteiger partial charge in [-0.25, -0.2) is 4.98 Å². The summed E-state index contributed by atoms with van der Waals surface area (Å²) < 4.78 is 5.34. The molecule has 0 spiro atoms. The van der Waals surface area contributed by atoms with E-state index in [0.717, 1.165) is 21.0 Å². The van der Waals surface area contributed by atoms with E-state index in [1.807, 2.05) is 32.9 Å². The van der Waals surface area contributed by atoms with Crippen LogP contribution in [0.1, 0.15) is 35.0 Å². The highest BCUT2D eigenvalue weighted by molar-refractivity contribution is 7.18. The minimum atomic E-state index is -0.0655. The topological polar surface area (TPSA) is 70.9 Å². The maximum Gasteiger partial charge on any atom is 0.259 e. The van der Waals surface area contributed by atoms with Gasteiger partial charge >= 0.3 is 0 Å². The van der Waals surface area contributed by atoms with Crippen molar-refractivity contribution in [3.8, 4) is 0 Å². The Kier molecular flexibility index (Phi) is 3.65. The lowest BCUT2D eigenvalue weighted by molar-refractivity contribution is 0.427. The quantitative estimate of drug-likeness (QED) is 0.777. The zero-order valence-electron chi connectivity index (χ0n) is 12.2. The molecule has 3 aromatic heterocycles. The molecule has 0 fully saturated rings. The standard InChI is InChI=1S/C15H17N3O2S/c1-8-10(3)21-15-13(8)14(19)17-12(18-15)7-16-9(2)11-5-4-6-20-11/h4-6,9,16H,7H2,1-3H3,(H,17,18,19)/t9-/m1/s1. The molecular weight excluding hydrogens is 286 g/mol. The molecule has 0 radical (unpaired) electrons. The summed E-state index contributed by atoms with van der Waals surface area (Å²) in [7, 11) is 0. The Bertz CT molecular complexity index is 817. The molecule has 0 saturated carbocycles. The first kappa shape index (κ1) is 14.0. The zero-order chi connectivity index (χ0) is 15.0. The van der Waals surface area contributed by atoms with Crippen LogP contribution in [0.5, 0.6) is 0 Å². The maximum atomic E-state index is 12.2. The molecule has 2 N–H and O–H groups in total. The maximum absolute atomic E-state index is 12.2. The number of furan rings is 1. The van der Waals surface area contributed by atoms with E-state index in [1.54, 1.807) is 17.6 Å². The molecule has 0 amide bonds. The van der Waals surface area contributed by atoms with Crippen LogP contribution in [-0.4, -0.2) is 9.97 Å². The Morgan fingerprint density at radius 3 is 3.00 bits per heavy atom. The van der Waals surface area contributed by atoms with Crippen LogP contribution in [0.25, 0.3) is 10.2 Å². The highest BCUT2D eigenvalue weighted by Crippen LogP contribution is 2.25. The predicted molar refractivity (Wildman–Crippen MR) is 83.7 cm³/mol. The molecule has 3 aromatic rings. The Morgan fingerprint density at radius 2 is 2.29 bits per heavy atom. The number of hydrogen-bond acceptors (Lipinski definition) is 5. The van der Waals surface area contributed by atoms with Crippen molar-refractivity contribution >= 4 is 21.6 Å². The molecule has 3 rings (SSSR count). The third kappa shape index (κ3) is 2.64. The lowest BCUT2D eigenvalue weighted by Crippen LogP contribution is -2.21. The van der Waals surface area contributed by atoms with Crippen LogP contribution in [0.3, 0.4) is 0 Å². The van der Waals surface area contributed by atoms with Gasteiger partial charge in [-0.15, -0.1) is 11.3 Å². The summed E-state index contributed by atoms with van der Waals surface area (Å²) in [6, 6.07) is 3.84. The predicted octanol–water partition coefficient (Wildman–Crippen LogP) is 3.05. The smallest absolute Gasteiger partial charge is 0.259 e. The van der Waals surface area contributed by atoms with Crippen molar-refractivity contribution in [2.24, 2.45) is 0 Å². The molecule has 21 heavy (non-hydrogen) atoms. The van der Waals surface area contributed by atoms with Crippen LogP contribution in [0.2, 0.25) is 0 Å². The van der Waals surface area contributed by atoms with E-state index >= 15 is 0 Å². The van der Waals surface area contributed by atoms with Gasteiger partial charge in [-0.3, -0.25) is 4.79 Å². The van der Waals surface area contributed by atoms with Gasteiger partial charge in [0.25, 0.3) is 5.56 Å². The fourth-order valence-corrected chi connectivity index (χ4v) is 3.32. The summed E-state index contributed by atoms with van der Waals surface area (Å²) in [5.41, 5.74) is 0.955. The van der Waals surface area contributed by atoms with Gasteiger partial charge < -0.3 is 14.7 Å². The average Bonchev–Trinajstić information content (AvgIpc) is 3.06. The first-order valence-electron chi connectivity index (χ1n) is 6.82. The normalized spacial score (nSPS) is 12.9. The Balaban J connectivity index is 1.83. The second kappa shape index (κ2) is 5.46. The van der Waals surface area contributed by atoms with Gasteiger partial charge in [0.1, 0.15) is 16.4 Å². The number of H-pyrrole nitrogens is 1. The van der Waals surface area contributed by atoms with Gasteiger partial charge in [-0.05, 0) is 38.5 Å². The largest absolute Gasteiger partial charge is 0.468 e. The lowest BCUT2D eigenvalue weighted by Gasteiger charge is -2.10. The number of fused-ring (bicyclic) bond motifs is 1. The Morgan fingerprint density at radius 1 is 1.48 bits per heavy atom. The van der Waals surface area contributed by atoms with E-state index in [2.05, 4.69) is 15.3 Å². The fourth-order valence-electron chi connectivity index (χ4n) is 2.27. The molecule has 6 heteroatoms. The highest BCUT2D eigenvalue weighted by atomic mass is 32.1. The summed E-state index contributed by atoms with van der Waals surface area (Å²) in [6.45, 7) is 6.47. The number of nitrogens with one attached hydrogen (secondary N) is 2. The van der Waals surface area contributed by atoms with Crippen LogP contribution in [0, 0.1) is 13.8 Å². The first-order valence-corrected chi connectivity index (χ1v) is 7.63. The molecule has 3 heterocycles. The highest BCUT2D eigenvalue weighted by Gasteiger charge is 2.13. The molecule has 5 nitrogen and oxygen atoms in total. The number of aromatic amines is 1. The second-order valence-corrected chi connectivity index (χ2v) is 6.30. The van der Waals surface area contributed by atoms with Gasteiger partial charge in [0.15, 0.2) is 0 Å². The van der Waals surface area contributed by atoms with Gasteiger partial charge in [0.05, 0.1) is 24.2 Å². The molecule has 0 aliphatic carbocycles. The van der Waals surface area contributed by atoms with E-state index < -0.39 is 0 Å². The zero-order valence-corrected chi connectivity index (χ0v) is 13.0. The SMILES string of the molecule is Cc1sc2nc(CN[C@H](C)c3ccco3)[nH]c(=O)c2c1C. The van der Waals surface area contributed by atoms with Crippen molar-refractivity contribution in [1.82, 2.24) is 15.3 Å². The van der Waals surface area contributed by atoms with Crippen LogP contribution < -0.4 is 10.9 Å². The van der Waals surface area contributed by atoms with Gasteiger partial charge in [-0.2, -0.15) is 0 Å². The number of nitrogens with zero attached hydrogens (tertiary/aromatic N) is 1. The lowest BCUT2D eigenvalue weighted by atomic mass is 10.2. The Hall–Kier alpha value is -1.92. The van der Waals surface area contributed by atoms with Crippen molar-refractivity contribution in [2.45, 2.75) is 33.4 Å². The minimum absolute atomic E-state index is 0.0628. The first-order chi connectivity index (χ1) is 10.1. The fraction of sp³-hybridized carbons (Fsp3) is 0.333. The third-order valence-corrected chi connectivity index (χ3v) is 4.73. The number of hydrogen-bond donors (Lipinski definition) is 2. The van der Waals surface area contributed by atoms with Crippen LogP contribution in [0.4, 0.5) is 0 Å². The molecule has 0 unspecified atom stereocenters. The van der Waals surface area contributed by atoms with Crippen LogP contribution in [-0.2, 0) is 6.54 Å². The summed E-state index contributed by atoms with van der Waals surface area (Å²) >= 11 is 1.56. The monoisotopic (exact) mass is 303 g/mol. The van der Waals surface area contributed by atoms with E-state index in [-0.39, 0.29) is 11.6 Å². The number of aromatic nitrogens is 2. The van der Waals surface area contributed by atoms with Crippen molar-refractivity contribution in [1.29, 1.82) is 0 Å². The van der Waals surface area contributed by atoms with Crippen LogP contribution in [0.15, 0.2) is 27.6 Å². The number of rotatable bonds is 4. The van der Waals surface area contributed by atoms with Gasteiger partial charge in [0, 0.05) is 4.88 Å². The summed E-state index contributed by atoms with van der Waals surface area (Å²) in [5, 5.41) is 4.00. The van der Waals surface area contributed by atoms with Crippen molar-refractivity contribution in [3.05, 3.63) is 50.8 Å². The third-order valence-electron chi connectivity index (χ3n) is 3.63. The summed E-state index contributed by atoms with van der Waals surface area (Å²) in [6.07, 6.45) is 1.65.